The number of nitro groups is 1. The Morgan fingerprint density at radius 2 is 1.89 bits per heavy atom. The third-order valence-electron chi connectivity index (χ3n) is 2.80. The summed E-state index contributed by atoms with van der Waals surface area (Å²) < 4.78 is 13.2. The molecule has 0 atom stereocenters. The van der Waals surface area contributed by atoms with Gasteiger partial charge in [0.1, 0.15) is 5.82 Å². The molecule has 0 aliphatic heterocycles. The van der Waals surface area contributed by atoms with Crippen LogP contribution in [0.25, 0.3) is 11.8 Å². The number of benzene rings is 2. The van der Waals surface area contributed by atoms with Crippen molar-refractivity contribution in [2.45, 2.75) is 6.92 Å². The molecule has 0 saturated carbocycles. The number of hydrogen-bond acceptors (Lipinski definition) is 2. The molecule has 2 aromatic rings. The summed E-state index contributed by atoms with van der Waals surface area (Å²) in [6, 6.07) is 12.8. The fourth-order valence-corrected chi connectivity index (χ4v) is 1.76. The van der Waals surface area contributed by atoms with Gasteiger partial charge in [-0.1, -0.05) is 24.3 Å². The molecule has 0 heterocycles. The Kier molecular flexibility index (Phi) is 3.71. The Morgan fingerprint density at radius 3 is 2.53 bits per heavy atom. The SMILES string of the molecule is Cc1ccc(F)cc1/C=C(\c1ccccc1)[N+](=O)[O-]. The van der Waals surface area contributed by atoms with E-state index >= 15 is 0 Å². The van der Waals surface area contributed by atoms with Gasteiger partial charge in [0.2, 0.25) is 0 Å². The van der Waals surface area contributed by atoms with E-state index in [2.05, 4.69) is 0 Å². The van der Waals surface area contributed by atoms with E-state index < -0.39 is 10.7 Å². The minimum absolute atomic E-state index is 0.0469. The highest BCUT2D eigenvalue weighted by atomic mass is 19.1. The van der Waals surface area contributed by atoms with E-state index in [0.29, 0.717) is 11.1 Å². The number of nitrogens with zero attached hydrogens (tertiary/aromatic N) is 1. The summed E-state index contributed by atoms with van der Waals surface area (Å²) in [4.78, 5) is 10.7. The molecule has 0 amide bonds. The Hall–Kier alpha value is -2.49. The topological polar surface area (TPSA) is 43.1 Å². The minimum Gasteiger partial charge on any atom is -0.258 e. The average molecular weight is 257 g/mol. The fraction of sp³-hybridized carbons (Fsp3) is 0.0667. The normalized spacial score (nSPS) is 11.4. The second-order valence-electron chi connectivity index (χ2n) is 4.15. The van der Waals surface area contributed by atoms with Crippen LogP contribution in [0, 0.1) is 22.9 Å². The molecule has 0 N–H and O–H groups in total. The Bertz CT molecular complexity index is 636. The van der Waals surface area contributed by atoms with Crippen molar-refractivity contribution < 1.29 is 9.31 Å². The van der Waals surface area contributed by atoms with E-state index in [1.54, 1.807) is 43.3 Å². The molecule has 0 aromatic heterocycles. The van der Waals surface area contributed by atoms with E-state index in [4.69, 9.17) is 0 Å². The summed E-state index contributed by atoms with van der Waals surface area (Å²) >= 11 is 0. The second-order valence-corrected chi connectivity index (χ2v) is 4.15. The van der Waals surface area contributed by atoms with Crippen LogP contribution in [0.2, 0.25) is 0 Å². The molecule has 0 saturated heterocycles. The minimum atomic E-state index is -0.459. The van der Waals surface area contributed by atoms with Crippen LogP contribution in [-0.2, 0) is 0 Å². The van der Waals surface area contributed by atoms with Crippen LogP contribution >= 0.6 is 0 Å². The third kappa shape index (κ3) is 3.04. The molecule has 4 heteroatoms. The highest BCUT2D eigenvalue weighted by Crippen LogP contribution is 2.21. The molecule has 0 aliphatic rings. The predicted molar refractivity (Wildman–Crippen MR) is 72.4 cm³/mol. The quantitative estimate of drug-likeness (QED) is 0.475. The van der Waals surface area contributed by atoms with Crippen molar-refractivity contribution in [1.82, 2.24) is 0 Å². The lowest BCUT2D eigenvalue weighted by molar-refractivity contribution is -0.374. The number of rotatable bonds is 3. The van der Waals surface area contributed by atoms with Gasteiger partial charge < -0.3 is 0 Å². The fourth-order valence-electron chi connectivity index (χ4n) is 1.76. The van der Waals surface area contributed by atoms with E-state index in [-0.39, 0.29) is 5.70 Å². The molecular formula is C15H12FNO2. The summed E-state index contributed by atoms with van der Waals surface area (Å²) in [7, 11) is 0. The molecule has 0 aliphatic carbocycles. The van der Waals surface area contributed by atoms with Crippen LogP contribution in [0.1, 0.15) is 16.7 Å². The van der Waals surface area contributed by atoms with Crippen LogP contribution in [0.4, 0.5) is 4.39 Å². The molecular weight excluding hydrogens is 245 g/mol. The van der Waals surface area contributed by atoms with Crippen LogP contribution in [0.15, 0.2) is 48.5 Å². The van der Waals surface area contributed by atoms with Crippen LogP contribution in [0.5, 0.6) is 0 Å². The van der Waals surface area contributed by atoms with Gasteiger partial charge in [-0.3, -0.25) is 10.1 Å². The van der Waals surface area contributed by atoms with Crippen molar-refractivity contribution in [1.29, 1.82) is 0 Å². The van der Waals surface area contributed by atoms with Crippen molar-refractivity contribution >= 4 is 11.8 Å². The number of halogens is 1. The molecule has 0 bridgehead atoms. The molecule has 0 radical (unpaired) electrons. The smallest absolute Gasteiger partial charge is 0.258 e. The maximum Gasteiger partial charge on any atom is 0.277 e. The Labute approximate surface area is 110 Å². The zero-order valence-electron chi connectivity index (χ0n) is 10.3. The van der Waals surface area contributed by atoms with Crippen molar-refractivity contribution in [3.8, 4) is 0 Å². The van der Waals surface area contributed by atoms with Gasteiger partial charge in [0.15, 0.2) is 0 Å². The maximum absolute atomic E-state index is 13.2. The van der Waals surface area contributed by atoms with E-state index in [9.17, 15) is 14.5 Å². The molecule has 19 heavy (non-hydrogen) atoms. The van der Waals surface area contributed by atoms with Gasteiger partial charge in [0.05, 0.1) is 10.5 Å². The molecule has 2 aromatic carbocycles. The van der Waals surface area contributed by atoms with E-state index in [1.807, 2.05) is 0 Å². The lowest BCUT2D eigenvalue weighted by Gasteiger charge is -2.02. The van der Waals surface area contributed by atoms with Gasteiger partial charge in [-0.05, 0) is 42.3 Å². The van der Waals surface area contributed by atoms with Crippen LogP contribution in [-0.4, -0.2) is 4.92 Å². The average Bonchev–Trinajstić information content (AvgIpc) is 2.40. The van der Waals surface area contributed by atoms with Crippen molar-refractivity contribution in [3.63, 3.8) is 0 Å². The second kappa shape index (κ2) is 5.44. The van der Waals surface area contributed by atoms with Gasteiger partial charge in [-0.2, -0.15) is 0 Å². The summed E-state index contributed by atoms with van der Waals surface area (Å²) in [6.45, 7) is 1.79. The van der Waals surface area contributed by atoms with Crippen LogP contribution < -0.4 is 0 Å². The Balaban J connectivity index is 2.54. The van der Waals surface area contributed by atoms with E-state index in [1.165, 1.54) is 18.2 Å². The molecule has 3 nitrogen and oxygen atoms in total. The lowest BCUT2D eigenvalue weighted by Crippen LogP contribution is -1.98. The van der Waals surface area contributed by atoms with Crippen LogP contribution in [0.3, 0.4) is 0 Å². The van der Waals surface area contributed by atoms with Gasteiger partial charge in [-0.15, -0.1) is 0 Å². The number of aryl methyl sites for hydroxylation is 1. The monoisotopic (exact) mass is 257 g/mol. The first-order valence-electron chi connectivity index (χ1n) is 5.75. The summed E-state index contributed by atoms with van der Waals surface area (Å²) in [5, 5.41) is 11.1. The molecule has 0 fully saturated rings. The highest BCUT2D eigenvalue weighted by molar-refractivity contribution is 5.77. The molecule has 0 spiro atoms. The first-order chi connectivity index (χ1) is 9.08. The summed E-state index contributed by atoms with van der Waals surface area (Å²) in [5.74, 6) is -0.410. The molecule has 96 valence electrons. The molecule has 2 rings (SSSR count). The van der Waals surface area contributed by atoms with Gasteiger partial charge in [0, 0.05) is 6.08 Å². The van der Waals surface area contributed by atoms with Gasteiger partial charge >= 0.3 is 0 Å². The highest BCUT2D eigenvalue weighted by Gasteiger charge is 2.14. The number of hydrogen-bond donors (Lipinski definition) is 0. The van der Waals surface area contributed by atoms with Crippen molar-refractivity contribution in [2.75, 3.05) is 0 Å². The largest absolute Gasteiger partial charge is 0.277 e. The maximum atomic E-state index is 13.2. The van der Waals surface area contributed by atoms with Crippen molar-refractivity contribution in [3.05, 3.63) is 81.2 Å². The third-order valence-corrected chi connectivity index (χ3v) is 2.80. The van der Waals surface area contributed by atoms with Gasteiger partial charge in [-0.25, -0.2) is 4.39 Å². The first kappa shape index (κ1) is 13.0. The zero-order valence-corrected chi connectivity index (χ0v) is 10.3. The summed E-state index contributed by atoms with van der Waals surface area (Å²) in [5.41, 5.74) is 1.75. The van der Waals surface area contributed by atoms with Crippen molar-refractivity contribution in [2.24, 2.45) is 0 Å². The summed E-state index contributed by atoms with van der Waals surface area (Å²) in [6.07, 6.45) is 1.40. The lowest BCUT2D eigenvalue weighted by atomic mass is 10.0. The Morgan fingerprint density at radius 1 is 1.21 bits per heavy atom. The van der Waals surface area contributed by atoms with E-state index in [0.717, 1.165) is 5.56 Å². The first-order valence-corrected chi connectivity index (χ1v) is 5.75. The predicted octanol–water partition coefficient (Wildman–Crippen LogP) is 3.91. The van der Waals surface area contributed by atoms with Gasteiger partial charge in [0.25, 0.3) is 5.70 Å². The standard InChI is InChI=1S/C15H12FNO2/c1-11-7-8-14(16)9-13(11)10-15(17(18)19)12-5-3-2-4-6-12/h2-10H,1H3/b15-10+. The zero-order chi connectivity index (χ0) is 13.8. The molecule has 0 unspecified atom stereocenters.